The highest BCUT2D eigenvalue weighted by molar-refractivity contribution is 8.16. The second-order valence-electron chi connectivity index (χ2n) is 8.93. The van der Waals surface area contributed by atoms with Crippen LogP contribution in [0.5, 0.6) is 5.75 Å². The summed E-state index contributed by atoms with van der Waals surface area (Å²) in [6.45, 7) is 3.19. The highest BCUT2D eigenvalue weighted by Crippen LogP contribution is 2.49. The van der Waals surface area contributed by atoms with Gasteiger partial charge in [-0.3, -0.25) is 4.79 Å². The van der Waals surface area contributed by atoms with Gasteiger partial charge in [0.15, 0.2) is 10.9 Å². The monoisotopic (exact) mass is 563 g/mol. The highest BCUT2D eigenvalue weighted by Gasteiger charge is 2.50. The zero-order valence-corrected chi connectivity index (χ0v) is 22.0. The average molecular weight is 564 g/mol. The number of halogens is 4. The molecule has 0 saturated heterocycles. The number of aliphatic imine (C=N–C) groups is 1. The number of alkyl halides is 3. The average Bonchev–Trinajstić information content (AvgIpc) is 3.28. The number of nitrogens with zero attached hydrogens (tertiary/aromatic N) is 2. The number of benzene rings is 2. The van der Waals surface area contributed by atoms with Crippen molar-refractivity contribution in [2.75, 3.05) is 7.11 Å². The third-order valence-corrected chi connectivity index (χ3v) is 6.71. The molecule has 206 valence electrons. The van der Waals surface area contributed by atoms with Gasteiger partial charge >= 0.3 is 12.1 Å². The molecule has 2 aliphatic heterocycles. The number of hydrogen-bond acceptors (Lipinski definition) is 7. The van der Waals surface area contributed by atoms with Gasteiger partial charge in [0.1, 0.15) is 11.6 Å². The van der Waals surface area contributed by atoms with E-state index in [0.717, 1.165) is 11.8 Å². The van der Waals surface area contributed by atoms with E-state index >= 15 is 0 Å². The van der Waals surface area contributed by atoms with E-state index in [2.05, 4.69) is 10.3 Å². The second kappa shape index (κ2) is 11.5. The van der Waals surface area contributed by atoms with E-state index < -0.39 is 47.3 Å². The summed E-state index contributed by atoms with van der Waals surface area (Å²) in [6, 6.07) is 10.7. The molecule has 2 aliphatic rings. The summed E-state index contributed by atoms with van der Waals surface area (Å²) in [5.74, 6) is -1.76. The van der Waals surface area contributed by atoms with E-state index in [-0.39, 0.29) is 29.4 Å². The van der Waals surface area contributed by atoms with Crippen LogP contribution in [-0.4, -0.2) is 41.3 Å². The molecular weight excluding hydrogens is 538 g/mol. The van der Waals surface area contributed by atoms with Crippen LogP contribution in [0.4, 0.5) is 17.6 Å². The van der Waals surface area contributed by atoms with Crippen LogP contribution in [0, 0.1) is 5.82 Å². The fourth-order valence-corrected chi connectivity index (χ4v) is 5.09. The predicted molar refractivity (Wildman–Crippen MR) is 138 cm³/mol. The Balaban J connectivity index is 1.73. The Labute approximate surface area is 226 Å². The number of nitrogens with one attached hydrogen (secondary N) is 1. The molecule has 4 rings (SSSR count). The molecule has 1 amide bonds. The maximum Gasteiger partial charge on any atom is 0.434 e. The van der Waals surface area contributed by atoms with Gasteiger partial charge in [0, 0.05) is 17.8 Å². The first-order valence-corrected chi connectivity index (χ1v) is 12.8. The van der Waals surface area contributed by atoms with Crippen LogP contribution in [0.25, 0.3) is 0 Å². The number of hydrogen-bond donors (Lipinski definition) is 1. The van der Waals surface area contributed by atoms with Crippen molar-refractivity contribution >= 4 is 28.8 Å². The number of rotatable bonds is 8. The van der Waals surface area contributed by atoms with Crippen LogP contribution in [-0.2, 0) is 20.9 Å². The van der Waals surface area contributed by atoms with E-state index in [9.17, 15) is 27.2 Å². The lowest BCUT2D eigenvalue weighted by atomic mass is 9.92. The number of carbonyl (C=O) groups excluding carboxylic acids is 2. The summed E-state index contributed by atoms with van der Waals surface area (Å²) in [6.07, 6.45) is -5.86. The van der Waals surface area contributed by atoms with E-state index in [0.29, 0.717) is 11.3 Å². The van der Waals surface area contributed by atoms with Gasteiger partial charge in [-0.15, -0.1) is 0 Å². The Morgan fingerprint density at radius 2 is 1.82 bits per heavy atom. The Kier molecular flexibility index (Phi) is 8.34. The molecule has 0 fully saturated rings. The van der Waals surface area contributed by atoms with Crippen molar-refractivity contribution in [2.45, 2.75) is 45.1 Å². The van der Waals surface area contributed by atoms with Gasteiger partial charge in [0.2, 0.25) is 5.91 Å². The molecule has 7 nitrogen and oxygen atoms in total. The van der Waals surface area contributed by atoms with Crippen molar-refractivity contribution in [3.63, 3.8) is 0 Å². The molecule has 2 heterocycles. The lowest BCUT2D eigenvalue weighted by Crippen LogP contribution is -2.40. The largest absolute Gasteiger partial charge is 0.496 e. The molecule has 0 radical (unpaired) electrons. The fraction of sp³-hybridized carbons (Fsp3) is 0.296. The molecular formula is C27H25F4N3O4S. The van der Waals surface area contributed by atoms with E-state index in [1.165, 1.54) is 55.5 Å². The zero-order valence-electron chi connectivity index (χ0n) is 21.2. The van der Waals surface area contributed by atoms with Crippen LogP contribution in [0.1, 0.15) is 37.4 Å². The van der Waals surface area contributed by atoms with Gasteiger partial charge < -0.3 is 19.7 Å². The van der Waals surface area contributed by atoms with Crippen LogP contribution in [0.3, 0.4) is 0 Å². The fourth-order valence-electron chi connectivity index (χ4n) is 4.17. The standard InChI is InChI=1S/C27H25F4N3O4S/c1-15(2)38-25(36)22-23(19-6-4-5-7-20(19)37-3)34-18(14-39-26(34)33-24(22)27(29,30)31)12-21(35)32-13-16-8-10-17(28)11-9-16/h4-11,14-15,23H,12-13H2,1-3H3,(H,32,35). The number of amidine groups is 1. The lowest BCUT2D eigenvalue weighted by molar-refractivity contribution is -0.145. The minimum Gasteiger partial charge on any atom is -0.496 e. The number of methoxy groups -OCH3 is 1. The first kappa shape index (κ1) is 28.2. The van der Waals surface area contributed by atoms with Crippen molar-refractivity contribution in [3.8, 4) is 5.75 Å². The molecule has 39 heavy (non-hydrogen) atoms. The quantitative estimate of drug-likeness (QED) is 0.332. The van der Waals surface area contributed by atoms with Gasteiger partial charge in [0.05, 0.1) is 31.2 Å². The minimum atomic E-state index is -4.96. The highest BCUT2D eigenvalue weighted by atomic mass is 32.2. The van der Waals surface area contributed by atoms with Crippen molar-refractivity contribution in [1.29, 1.82) is 0 Å². The number of thioether (sulfide) groups is 1. The lowest BCUT2D eigenvalue weighted by Gasteiger charge is -2.37. The minimum absolute atomic E-state index is 0.0411. The maximum absolute atomic E-state index is 14.3. The summed E-state index contributed by atoms with van der Waals surface area (Å²) in [5.41, 5.74) is -0.793. The first-order chi connectivity index (χ1) is 18.5. The van der Waals surface area contributed by atoms with Gasteiger partial charge in [-0.1, -0.05) is 42.1 Å². The van der Waals surface area contributed by atoms with E-state index in [4.69, 9.17) is 9.47 Å². The molecule has 2 aromatic carbocycles. The molecule has 0 bridgehead atoms. The number of ether oxygens (including phenoxy) is 2. The molecule has 2 aromatic rings. The molecule has 1 N–H and O–H groups in total. The molecule has 0 aliphatic carbocycles. The van der Waals surface area contributed by atoms with Gasteiger partial charge in [-0.05, 0) is 43.0 Å². The SMILES string of the molecule is COc1ccccc1C1C(C(=O)OC(C)C)=C(C(F)(F)F)N=C2SC=C(CC(=O)NCc3ccc(F)cc3)N21. The number of carbonyl (C=O) groups is 2. The molecule has 12 heteroatoms. The summed E-state index contributed by atoms with van der Waals surface area (Å²) in [7, 11) is 1.37. The number of amides is 1. The molecule has 1 unspecified atom stereocenters. The van der Waals surface area contributed by atoms with Crippen molar-refractivity contribution in [2.24, 2.45) is 4.99 Å². The maximum atomic E-state index is 14.3. The summed E-state index contributed by atoms with van der Waals surface area (Å²) < 4.78 is 66.7. The van der Waals surface area contributed by atoms with Gasteiger partial charge in [-0.25, -0.2) is 14.2 Å². The third kappa shape index (κ3) is 6.27. The molecule has 0 saturated carbocycles. The van der Waals surface area contributed by atoms with E-state index in [1.807, 2.05) is 0 Å². The second-order valence-corrected chi connectivity index (χ2v) is 9.77. The van der Waals surface area contributed by atoms with Crippen LogP contribution in [0.2, 0.25) is 0 Å². The first-order valence-electron chi connectivity index (χ1n) is 11.9. The topological polar surface area (TPSA) is 80.2 Å². The number of esters is 1. The van der Waals surface area contributed by atoms with Gasteiger partial charge in [-0.2, -0.15) is 13.2 Å². The zero-order chi connectivity index (χ0) is 28.3. The summed E-state index contributed by atoms with van der Waals surface area (Å²) in [5, 5.41) is 4.21. The Hall–Kier alpha value is -3.80. The normalized spacial score (nSPS) is 17.0. The number of allylic oxidation sites excluding steroid dienone is 1. The van der Waals surface area contributed by atoms with Crippen LogP contribution >= 0.6 is 11.8 Å². The Morgan fingerprint density at radius 1 is 1.13 bits per heavy atom. The third-order valence-electron chi connectivity index (χ3n) is 5.82. The molecule has 0 aromatic heterocycles. The smallest absolute Gasteiger partial charge is 0.434 e. The predicted octanol–water partition coefficient (Wildman–Crippen LogP) is 5.61. The number of para-hydroxylation sites is 1. The van der Waals surface area contributed by atoms with E-state index in [1.54, 1.807) is 24.3 Å². The van der Waals surface area contributed by atoms with Crippen molar-refractivity contribution in [3.05, 3.63) is 87.9 Å². The molecule has 0 spiro atoms. The molecule has 1 atom stereocenters. The van der Waals surface area contributed by atoms with Crippen LogP contribution in [0.15, 0.2) is 75.9 Å². The summed E-state index contributed by atoms with van der Waals surface area (Å²) in [4.78, 5) is 31.3. The van der Waals surface area contributed by atoms with Gasteiger partial charge in [0.25, 0.3) is 0 Å². The Bertz CT molecular complexity index is 1350. The van der Waals surface area contributed by atoms with Crippen molar-refractivity contribution in [1.82, 2.24) is 10.2 Å². The van der Waals surface area contributed by atoms with Crippen LogP contribution < -0.4 is 10.1 Å². The summed E-state index contributed by atoms with van der Waals surface area (Å²) >= 11 is 0.917. The Morgan fingerprint density at radius 3 is 2.46 bits per heavy atom. The van der Waals surface area contributed by atoms with Crippen molar-refractivity contribution < 1.29 is 36.6 Å². The number of fused-ring (bicyclic) bond motifs is 1.